The van der Waals surface area contributed by atoms with Crippen molar-refractivity contribution < 1.29 is 4.79 Å². The molecular weight excluding hydrogens is 200 g/mol. The minimum absolute atomic E-state index is 0.220. The number of nitrogens with two attached hydrogens (primary N) is 1. The number of hydrogen-bond acceptors (Lipinski definition) is 2. The Morgan fingerprint density at radius 3 is 2.56 bits per heavy atom. The number of rotatable bonds is 5. The van der Waals surface area contributed by atoms with Gasteiger partial charge in [-0.3, -0.25) is 4.79 Å². The van der Waals surface area contributed by atoms with Crippen LogP contribution in [-0.2, 0) is 4.79 Å². The highest BCUT2D eigenvalue weighted by atomic mass is 16.2. The van der Waals surface area contributed by atoms with Gasteiger partial charge in [-0.15, -0.1) is 6.58 Å². The average molecular weight is 224 g/mol. The van der Waals surface area contributed by atoms with Gasteiger partial charge in [0, 0.05) is 25.0 Å². The summed E-state index contributed by atoms with van der Waals surface area (Å²) in [6.45, 7) is 6.61. The first kappa shape index (κ1) is 13.2. The van der Waals surface area contributed by atoms with Gasteiger partial charge in [-0.05, 0) is 32.1 Å². The van der Waals surface area contributed by atoms with Crippen molar-refractivity contribution in [1.82, 2.24) is 4.90 Å². The molecule has 0 aromatic rings. The van der Waals surface area contributed by atoms with Crippen molar-refractivity contribution in [2.24, 2.45) is 5.73 Å². The Morgan fingerprint density at radius 2 is 2.06 bits per heavy atom. The molecule has 0 heterocycles. The van der Waals surface area contributed by atoms with E-state index in [1.54, 1.807) is 6.08 Å². The van der Waals surface area contributed by atoms with Crippen molar-refractivity contribution >= 4 is 5.91 Å². The Morgan fingerprint density at radius 1 is 1.44 bits per heavy atom. The maximum atomic E-state index is 11.9. The van der Waals surface area contributed by atoms with Gasteiger partial charge in [0.05, 0.1) is 0 Å². The van der Waals surface area contributed by atoms with Crippen LogP contribution in [0.1, 0.15) is 45.4 Å². The fourth-order valence-electron chi connectivity index (χ4n) is 2.41. The van der Waals surface area contributed by atoms with Gasteiger partial charge in [-0.2, -0.15) is 0 Å². The Bertz CT molecular complexity index is 232. The zero-order valence-corrected chi connectivity index (χ0v) is 10.3. The Balaban J connectivity index is 2.55. The summed E-state index contributed by atoms with van der Waals surface area (Å²) in [5, 5.41) is 0. The SMILES string of the molecule is C=CCC(=O)N(CCC)C1CCC(N)CC1. The van der Waals surface area contributed by atoms with Crippen LogP contribution in [-0.4, -0.2) is 29.4 Å². The van der Waals surface area contributed by atoms with E-state index in [9.17, 15) is 4.79 Å². The third-order valence-corrected chi connectivity index (χ3v) is 3.29. The topological polar surface area (TPSA) is 46.3 Å². The number of nitrogens with zero attached hydrogens (tertiary/aromatic N) is 1. The summed E-state index contributed by atoms with van der Waals surface area (Å²) in [5.74, 6) is 0.220. The highest BCUT2D eigenvalue weighted by Crippen LogP contribution is 2.23. The van der Waals surface area contributed by atoms with E-state index >= 15 is 0 Å². The van der Waals surface area contributed by atoms with Crippen molar-refractivity contribution in [3.63, 3.8) is 0 Å². The van der Waals surface area contributed by atoms with Gasteiger partial charge in [0.25, 0.3) is 0 Å². The Kier molecular flexibility index (Phi) is 5.53. The van der Waals surface area contributed by atoms with Crippen LogP contribution in [0.25, 0.3) is 0 Å². The molecule has 0 radical (unpaired) electrons. The second-order valence-electron chi connectivity index (χ2n) is 4.65. The molecule has 1 fully saturated rings. The van der Waals surface area contributed by atoms with E-state index in [0.717, 1.165) is 38.6 Å². The largest absolute Gasteiger partial charge is 0.339 e. The predicted molar refractivity (Wildman–Crippen MR) is 67.0 cm³/mol. The molecule has 0 saturated heterocycles. The van der Waals surface area contributed by atoms with E-state index in [1.807, 2.05) is 4.90 Å². The first-order valence-corrected chi connectivity index (χ1v) is 6.35. The van der Waals surface area contributed by atoms with Crippen LogP contribution in [0, 0.1) is 0 Å². The van der Waals surface area contributed by atoms with Crippen LogP contribution in [0.2, 0.25) is 0 Å². The summed E-state index contributed by atoms with van der Waals surface area (Å²) in [6, 6.07) is 0.751. The van der Waals surface area contributed by atoms with Gasteiger partial charge in [0.1, 0.15) is 0 Å². The lowest BCUT2D eigenvalue weighted by Gasteiger charge is -2.36. The molecule has 92 valence electrons. The lowest BCUT2D eigenvalue weighted by Crippen LogP contribution is -2.44. The molecule has 3 heteroatoms. The summed E-state index contributed by atoms with van der Waals surface area (Å²) in [4.78, 5) is 14.0. The standard InChI is InChI=1S/C13H24N2O/c1-3-5-13(16)15(10-4-2)12-8-6-11(14)7-9-12/h3,11-12H,1,4-10,14H2,2H3. The Hall–Kier alpha value is -0.830. The van der Waals surface area contributed by atoms with E-state index in [4.69, 9.17) is 5.73 Å². The molecule has 0 aromatic carbocycles. The summed E-state index contributed by atoms with van der Waals surface area (Å²) in [6.07, 6.45) is 7.39. The second-order valence-corrected chi connectivity index (χ2v) is 4.65. The zero-order valence-electron chi connectivity index (χ0n) is 10.3. The zero-order chi connectivity index (χ0) is 12.0. The number of hydrogen-bond donors (Lipinski definition) is 1. The Labute approximate surface area is 98.7 Å². The molecule has 0 spiro atoms. The third-order valence-electron chi connectivity index (χ3n) is 3.29. The molecule has 0 atom stereocenters. The van der Waals surface area contributed by atoms with Gasteiger partial charge in [0.2, 0.25) is 5.91 Å². The molecule has 0 bridgehead atoms. The van der Waals surface area contributed by atoms with Crippen LogP contribution in [0.15, 0.2) is 12.7 Å². The quantitative estimate of drug-likeness (QED) is 0.727. The van der Waals surface area contributed by atoms with E-state index in [-0.39, 0.29) is 5.91 Å². The van der Waals surface area contributed by atoms with E-state index < -0.39 is 0 Å². The predicted octanol–water partition coefficient (Wildman–Crippen LogP) is 2.07. The number of amides is 1. The van der Waals surface area contributed by atoms with Crippen molar-refractivity contribution in [3.8, 4) is 0 Å². The summed E-state index contributed by atoms with van der Waals surface area (Å²) < 4.78 is 0. The summed E-state index contributed by atoms with van der Waals surface area (Å²) in [5.41, 5.74) is 5.89. The van der Waals surface area contributed by atoms with Crippen molar-refractivity contribution in [2.75, 3.05) is 6.54 Å². The first-order valence-electron chi connectivity index (χ1n) is 6.35. The molecule has 3 nitrogen and oxygen atoms in total. The van der Waals surface area contributed by atoms with Crippen molar-refractivity contribution in [2.45, 2.75) is 57.5 Å². The van der Waals surface area contributed by atoms with Crippen LogP contribution < -0.4 is 5.73 Å². The summed E-state index contributed by atoms with van der Waals surface area (Å²) in [7, 11) is 0. The van der Waals surface area contributed by atoms with Crippen molar-refractivity contribution in [3.05, 3.63) is 12.7 Å². The molecular formula is C13H24N2O. The van der Waals surface area contributed by atoms with Gasteiger partial charge < -0.3 is 10.6 Å². The molecule has 1 amide bonds. The normalized spacial score (nSPS) is 25.1. The third kappa shape index (κ3) is 3.63. The number of carbonyl (C=O) groups is 1. The van der Waals surface area contributed by atoms with E-state index in [2.05, 4.69) is 13.5 Å². The lowest BCUT2D eigenvalue weighted by atomic mass is 9.90. The smallest absolute Gasteiger partial charge is 0.226 e. The molecule has 1 rings (SSSR count). The highest BCUT2D eigenvalue weighted by Gasteiger charge is 2.26. The molecule has 16 heavy (non-hydrogen) atoms. The van der Waals surface area contributed by atoms with Gasteiger partial charge in [0.15, 0.2) is 0 Å². The van der Waals surface area contributed by atoms with Gasteiger partial charge in [-0.1, -0.05) is 13.0 Å². The molecule has 0 aliphatic heterocycles. The minimum atomic E-state index is 0.220. The van der Waals surface area contributed by atoms with E-state index in [1.165, 1.54) is 0 Å². The molecule has 0 unspecified atom stereocenters. The van der Waals surface area contributed by atoms with Crippen LogP contribution in [0.5, 0.6) is 0 Å². The fourth-order valence-corrected chi connectivity index (χ4v) is 2.41. The van der Waals surface area contributed by atoms with Gasteiger partial charge in [-0.25, -0.2) is 0 Å². The molecule has 0 aromatic heterocycles. The number of carbonyl (C=O) groups excluding carboxylic acids is 1. The highest BCUT2D eigenvalue weighted by molar-refractivity contribution is 5.77. The minimum Gasteiger partial charge on any atom is -0.339 e. The van der Waals surface area contributed by atoms with Crippen LogP contribution in [0.3, 0.4) is 0 Å². The summed E-state index contributed by atoms with van der Waals surface area (Å²) >= 11 is 0. The van der Waals surface area contributed by atoms with Crippen LogP contribution >= 0.6 is 0 Å². The fraction of sp³-hybridized carbons (Fsp3) is 0.769. The average Bonchev–Trinajstić information content (AvgIpc) is 2.28. The molecule has 1 saturated carbocycles. The second kappa shape index (κ2) is 6.69. The van der Waals surface area contributed by atoms with Crippen LogP contribution in [0.4, 0.5) is 0 Å². The first-order chi connectivity index (χ1) is 7.69. The lowest BCUT2D eigenvalue weighted by molar-refractivity contribution is -0.133. The maximum absolute atomic E-state index is 11.9. The van der Waals surface area contributed by atoms with E-state index in [0.29, 0.717) is 18.5 Å². The van der Waals surface area contributed by atoms with Gasteiger partial charge >= 0.3 is 0 Å². The molecule has 1 aliphatic rings. The van der Waals surface area contributed by atoms with Crippen molar-refractivity contribution in [1.29, 1.82) is 0 Å². The molecule has 2 N–H and O–H groups in total. The molecule has 1 aliphatic carbocycles. The maximum Gasteiger partial charge on any atom is 0.226 e. The monoisotopic (exact) mass is 224 g/mol.